The lowest BCUT2D eigenvalue weighted by Gasteiger charge is -2.44. The average Bonchev–Trinajstić information content (AvgIpc) is 3.57. The molecule has 0 bridgehead atoms. The molecule has 0 radical (unpaired) electrons. The Labute approximate surface area is 357 Å². The summed E-state index contributed by atoms with van der Waals surface area (Å²) in [5.74, 6) is 0. The van der Waals surface area contributed by atoms with Crippen LogP contribution in [-0.4, -0.2) is 6.71 Å². The summed E-state index contributed by atoms with van der Waals surface area (Å²) in [6.45, 7) is 26.2. The van der Waals surface area contributed by atoms with Gasteiger partial charge >= 0.3 is 0 Å². The van der Waals surface area contributed by atoms with Gasteiger partial charge in [-0.2, -0.15) is 0 Å². The van der Waals surface area contributed by atoms with Crippen molar-refractivity contribution in [1.82, 2.24) is 0 Å². The quantitative estimate of drug-likeness (QED) is 0.165. The molecule has 2 nitrogen and oxygen atoms in total. The smallest absolute Gasteiger partial charge is 0.264 e. The van der Waals surface area contributed by atoms with Gasteiger partial charge in [-0.15, -0.1) is 11.3 Å². The first-order valence-corrected chi connectivity index (χ1v) is 22.5. The molecule has 2 aliphatic heterocycles. The Morgan fingerprint density at radius 2 is 1.17 bits per heavy atom. The Morgan fingerprint density at radius 3 is 1.83 bits per heavy atom. The van der Waals surface area contributed by atoms with E-state index in [9.17, 15) is 0 Å². The number of nitrogens with zero attached hydrogens (tertiary/aromatic N) is 2. The van der Waals surface area contributed by atoms with Crippen molar-refractivity contribution < 1.29 is 0 Å². The number of thiophene rings is 1. The lowest BCUT2D eigenvalue weighted by Crippen LogP contribution is -2.60. The SMILES string of the molecule is Cc1cc2c3c(c1)N(c1ccc(C(C)(C)C)cc1)c1c(sc4cc5c(cc14)C(C)(C)CCC5(C)C)B3c1cc(C(C)(C)C)ccc1N2c1ccccc1-c1ccccc1. The van der Waals surface area contributed by atoms with Gasteiger partial charge in [0, 0.05) is 43.2 Å². The number of para-hydroxylation sites is 1. The van der Waals surface area contributed by atoms with E-state index < -0.39 is 0 Å². The third-order valence-electron chi connectivity index (χ3n) is 13.9. The van der Waals surface area contributed by atoms with Crippen LogP contribution >= 0.6 is 11.3 Å². The van der Waals surface area contributed by atoms with Crippen LogP contribution in [0.25, 0.3) is 21.2 Å². The summed E-state index contributed by atoms with van der Waals surface area (Å²) in [6.07, 6.45) is 2.40. The van der Waals surface area contributed by atoms with E-state index in [4.69, 9.17) is 0 Å². The van der Waals surface area contributed by atoms with Crippen molar-refractivity contribution in [2.75, 3.05) is 9.80 Å². The Hall–Kier alpha value is -5.06. The molecule has 3 heterocycles. The van der Waals surface area contributed by atoms with Crippen molar-refractivity contribution in [3.63, 3.8) is 0 Å². The fourth-order valence-electron chi connectivity index (χ4n) is 10.3. The largest absolute Gasteiger partial charge is 0.311 e. The minimum atomic E-state index is -0.00704. The molecule has 0 fully saturated rings. The molecule has 3 aliphatic rings. The molecule has 0 amide bonds. The van der Waals surface area contributed by atoms with Crippen LogP contribution in [0.3, 0.4) is 0 Å². The van der Waals surface area contributed by atoms with Gasteiger partial charge in [-0.1, -0.05) is 142 Å². The second-order valence-corrected chi connectivity index (χ2v) is 22.1. The van der Waals surface area contributed by atoms with Crippen LogP contribution < -0.4 is 25.5 Å². The van der Waals surface area contributed by atoms with E-state index in [1.165, 1.54) is 112 Å². The summed E-state index contributed by atoms with van der Waals surface area (Å²) in [4.78, 5) is 5.24. The summed E-state index contributed by atoms with van der Waals surface area (Å²) in [5, 5.41) is 1.38. The highest BCUT2D eigenvalue weighted by Gasteiger charge is 2.47. The average molecular weight is 789 g/mol. The molecule has 296 valence electrons. The minimum Gasteiger partial charge on any atom is -0.311 e. The maximum absolute atomic E-state index is 2.65. The van der Waals surface area contributed by atoms with E-state index in [1.54, 1.807) is 0 Å². The van der Waals surface area contributed by atoms with Crippen molar-refractivity contribution in [3.05, 3.63) is 149 Å². The molecule has 0 N–H and O–H groups in total. The summed E-state index contributed by atoms with van der Waals surface area (Å²) in [7, 11) is 0. The van der Waals surface area contributed by atoms with Crippen LogP contribution in [0.15, 0.2) is 121 Å². The number of rotatable bonds is 3. The van der Waals surface area contributed by atoms with Gasteiger partial charge in [-0.05, 0) is 134 Å². The van der Waals surface area contributed by atoms with Gasteiger partial charge in [0.15, 0.2) is 0 Å². The Bertz CT molecular complexity index is 2810. The van der Waals surface area contributed by atoms with E-state index >= 15 is 0 Å². The molecular weight excluding hydrogens is 731 g/mol. The second-order valence-electron chi connectivity index (χ2n) is 21.0. The highest BCUT2D eigenvalue weighted by atomic mass is 32.1. The van der Waals surface area contributed by atoms with E-state index in [2.05, 4.69) is 207 Å². The first-order valence-electron chi connectivity index (χ1n) is 21.7. The zero-order valence-corrected chi connectivity index (χ0v) is 37.7. The highest BCUT2D eigenvalue weighted by Crippen LogP contribution is 2.53. The molecule has 7 aromatic rings. The summed E-state index contributed by atoms with van der Waals surface area (Å²) < 4.78 is 2.84. The standard InChI is InChI=1S/C55H57BN2S/c1-34-29-46-49-47(30-34)58(44-20-16-15-19-39(44)35-17-13-12-14-18-35)45-26-23-37(53(5,6)7)31-43(45)56(49)51-50(57(46)38-24-21-36(22-25-38)52(2,3)4)40-32-41-42(33-48(40)59-51)55(10,11)28-27-54(41,8)9/h12-26,29-33H,27-28H2,1-11H3. The summed E-state index contributed by atoms with van der Waals surface area (Å²) in [5.41, 5.74) is 20.1. The number of anilines is 6. The van der Waals surface area contributed by atoms with E-state index in [-0.39, 0.29) is 28.4 Å². The van der Waals surface area contributed by atoms with Crippen molar-refractivity contribution in [3.8, 4) is 11.1 Å². The summed E-state index contributed by atoms with van der Waals surface area (Å²) >= 11 is 2.04. The van der Waals surface area contributed by atoms with Crippen LogP contribution in [0.5, 0.6) is 0 Å². The molecule has 59 heavy (non-hydrogen) atoms. The van der Waals surface area contributed by atoms with Crippen LogP contribution in [0.1, 0.15) is 110 Å². The molecule has 0 saturated heterocycles. The first kappa shape index (κ1) is 38.2. The number of benzene rings is 6. The topological polar surface area (TPSA) is 6.48 Å². The van der Waals surface area contributed by atoms with Crippen molar-refractivity contribution in [1.29, 1.82) is 0 Å². The van der Waals surface area contributed by atoms with Gasteiger partial charge in [0.25, 0.3) is 6.71 Å². The minimum absolute atomic E-state index is 0.00704. The third-order valence-corrected chi connectivity index (χ3v) is 15.1. The van der Waals surface area contributed by atoms with Gasteiger partial charge in [0.2, 0.25) is 0 Å². The van der Waals surface area contributed by atoms with E-state index in [1.807, 2.05) is 11.3 Å². The number of fused-ring (bicyclic) bond motifs is 7. The zero-order valence-electron chi connectivity index (χ0n) is 36.8. The van der Waals surface area contributed by atoms with Crippen LogP contribution in [0.2, 0.25) is 0 Å². The maximum Gasteiger partial charge on any atom is 0.264 e. The Balaban J connectivity index is 1.33. The molecule has 6 aromatic carbocycles. The molecule has 0 spiro atoms. The molecule has 1 aromatic heterocycles. The highest BCUT2D eigenvalue weighted by molar-refractivity contribution is 7.33. The Morgan fingerprint density at radius 1 is 0.576 bits per heavy atom. The van der Waals surface area contributed by atoms with Crippen LogP contribution in [0, 0.1) is 6.92 Å². The summed E-state index contributed by atoms with van der Waals surface area (Å²) in [6, 6.07) is 46.9. The van der Waals surface area contributed by atoms with Gasteiger partial charge in [-0.3, -0.25) is 0 Å². The molecule has 10 rings (SSSR count). The van der Waals surface area contributed by atoms with Crippen LogP contribution in [0.4, 0.5) is 34.1 Å². The predicted octanol–water partition coefficient (Wildman–Crippen LogP) is 13.9. The zero-order chi connectivity index (χ0) is 41.4. The van der Waals surface area contributed by atoms with Gasteiger partial charge in [0.05, 0.1) is 11.4 Å². The lowest BCUT2D eigenvalue weighted by atomic mass is 9.36. The van der Waals surface area contributed by atoms with Crippen molar-refractivity contribution in [2.24, 2.45) is 0 Å². The first-order chi connectivity index (χ1) is 27.9. The van der Waals surface area contributed by atoms with E-state index in [0.717, 1.165) is 0 Å². The molecule has 1 aliphatic carbocycles. The monoisotopic (exact) mass is 788 g/mol. The number of hydrogen-bond acceptors (Lipinski definition) is 3. The van der Waals surface area contributed by atoms with Crippen molar-refractivity contribution in [2.45, 2.75) is 111 Å². The normalized spacial score (nSPS) is 16.4. The molecule has 0 atom stereocenters. The fourth-order valence-corrected chi connectivity index (χ4v) is 11.7. The van der Waals surface area contributed by atoms with Gasteiger partial charge in [-0.25, -0.2) is 0 Å². The lowest BCUT2D eigenvalue weighted by molar-refractivity contribution is 0.332. The van der Waals surface area contributed by atoms with E-state index in [0.29, 0.717) is 0 Å². The molecule has 0 saturated carbocycles. The van der Waals surface area contributed by atoms with Crippen LogP contribution in [-0.2, 0) is 21.7 Å². The van der Waals surface area contributed by atoms with Gasteiger partial charge < -0.3 is 9.80 Å². The Kier molecular flexibility index (Phi) is 8.39. The number of hydrogen-bond donors (Lipinski definition) is 0. The molecular formula is C55H57BN2S. The fraction of sp³-hybridized carbons (Fsp3) is 0.309. The molecule has 4 heteroatoms. The van der Waals surface area contributed by atoms with Crippen molar-refractivity contribution >= 4 is 78.0 Å². The second kappa shape index (κ2) is 13.0. The number of aryl methyl sites for hydroxylation is 1. The third kappa shape index (κ3) is 5.95. The predicted molar refractivity (Wildman–Crippen MR) is 259 cm³/mol. The molecule has 0 unspecified atom stereocenters. The maximum atomic E-state index is 2.65. The van der Waals surface area contributed by atoms with Gasteiger partial charge in [0.1, 0.15) is 0 Å².